The van der Waals surface area contributed by atoms with Gasteiger partial charge in [-0.05, 0) is 5.56 Å². The Bertz CT molecular complexity index is 201. The van der Waals surface area contributed by atoms with Gasteiger partial charge in [0.1, 0.15) is 0 Å². The highest BCUT2D eigenvalue weighted by atomic mass is 16.5. The minimum absolute atomic E-state index is 0.465. The minimum Gasteiger partial charge on any atom is -0.375 e. The summed E-state index contributed by atoms with van der Waals surface area (Å²) in [6, 6.07) is 9.93. The van der Waals surface area contributed by atoms with Gasteiger partial charge in [-0.1, -0.05) is 30.3 Å². The lowest BCUT2D eigenvalue weighted by Gasteiger charge is -2.02. The zero-order valence-electron chi connectivity index (χ0n) is 6.86. The van der Waals surface area contributed by atoms with Gasteiger partial charge in [0.15, 0.2) is 0 Å². The van der Waals surface area contributed by atoms with Gasteiger partial charge in [-0.25, -0.2) is 5.48 Å². The molecule has 0 aliphatic rings. The van der Waals surface area contributed by atoms with Crippen molar-refractivity contribution >= 4 is 0 Å². The maximum Gasteiger partial charge on any atom is 0.0717 e. The molecule has 2 N–H and O–H groups in total. The Labute approximate surface area is 71.9 Å². The molecule has 0 bridgehead atoms. The summed E-state index contributed by atoms with van der Waals surface area (Å²) in [4.78, 5) is 0. The highest BCUT2D eigenvalue weighted by molar-refractivity contribution is 5.13. The summed E-state index contributed by atoms with van der Waals surface area (Å²) in [5.41, 5.74) is 3.18. The molecule has 0 atom stereocenters. The molecule has 0 aliphatic heterocycles. The van der Waals surface area contributed by atoms with Gasteiger partial charge >= 0.3 is 0 Å². The molecule has 0 saturated carbocycles. The van der Waals surface area contributed by atoms with Crippen LogP contribution in [-0.4, -0.2) is 18.4 Å². The second kappa shape index (κ2) is 5.71. The lowest BCUT2D eigenvalue weighted by atomic mass is 10.2. The Morgan fingerprint density at radius 1 is 1.25 bits per heavy atom. The van der Waals surface area contributed by atoms with Gasteiger partial charge in [0, 0.05) is 6.54 Å². The molecule has 12 heavy (non-hydrogen) atoms. The molecular weight excluding hydrogens is 154 g/mol. The quantitative estimate of drug-likeness (QED) is 0.511. The molecule has 0 spiro atoms. The summed E-state index contributed by atoms with van der Waals surface area (Å²) < 4.78 is 5.24. The Morgan fingerprint density at radius 2 is 2.00 bits per heavy atom. The van der Waals surface area contributed by atoms with E-state index >= 15 is 0 Å². The third kappa shape index (κ3) is 3.48. The minimum atomic E-state index is 0.465. The first-order valence-corrected chi connectivity index (χ1v) is 3.92. The van der Waals surface area contributed by atoms with E-state index in [9.17, 15) is 0 Å². The molecule has 0 fully saturated rings. The lowest BCUT2D eigenvalue weighted by molar-refractivity contribution is 0.0820. The van der Waals surface area contributed by atoms with Crippen LogP contribution in [-0.2, 0) is 11.3 Å². The molecule has 0 aliphatic carbocycles. The SMILES string of the molecule is ONCCOCc1ccccc1. The van der Waals surface area contributed by atoms with Crippen LogP contribution in [0.1, 0.15) is 5.56 Å². The molecule has 66 valence electrons. The zero-order chi connectivity index (χ0) is 8.65. The van der Waals surface area contributed by atoms with Crippen LogP contribution in [0.4, 0.5) is 0 Å². The van der Waals surface area contributed by atoms with Crippen LogP contribution in [0.3, 0.4) is 0 Å². The molecule has 3 heteroatoms. The van der Waals surface area contributed by atoms with Gasteiger partial charge in [-0.2, -0.15) is 0 Å². The molecular formula is C9H13NO2. The van der Waals surface area contributed by atoms with Gasteiger partial charge in [-0.15, -0.1) is 0 Å². The maximum atomic E-state index is 8.23. The molecule has 1 rings (SSSR count). The van der Waals surface area contributed by atoms with Crippen LogP contribution in [0.5, 0.6) is 0 Å². The number of nitrogens with one attached hydrogen (secondary N) is 1. The first-order chi connectivity index (χ1) is 5.93. The molecule has 0 aromatic heterocycles. The standard InChI is InChI=1S/C9H13NO2/c11-10-6-7-12-8-9-4-2-1-3-5-9/h1-5,10-11H,6-8H2. The van der Waals surface area contributed by atoms with Crippen molar-refractivity contribution in [3.63, 3.8) is 0 Å². The number of benzene rings is 1. The fraction of sp³-hybridized carbons (Fsp3) is 0.333. The number of hydrogen-bond acceptors (Lipinski definition) is 3. The first-order valence-electron chi connectivity index (χ1n) is 3.92. The maximum absolute atomic E-state index is 8.23. The van der Waals surface area contributed by atoms with E-state index in [0.29, 0.717) is 19.8 Å². The van der Waals surface area contributed by atoms with E-state index in [1.165, 1.54) is 0 Å². The monoisotopic (exact) mass is 167 g/mol. The Kier molecular flexibility index (Phi) is 4.37. The molecule has 0 unspecified atom stereocenters. The topological polar surface area (TPSA) is 41.5 Å². The summed E-state index contributed by atoms with van der Waals surface area (Å²) in [5, 5.41) is 8.23. The normalized spacial score (nSPS) is 10.1. The van der Waals surface area contributed by atoms with Gasteiger partial charge in [-0.3, -0.25) is 0 Å². The third-order valence-electron chi connectivity index (χ3n) is 1.47. The van der Waals surface area contributed by atoms with Crippen LogP contribution in [0.15, 0.2) is 30.3 Å². The molecule has 1 aromatic rings. The van der Waals surface area contributed by atoms with Crippen LogP contribution in [0, 0.1) is 0 Å². The Balaban J connectivity index is 2.16. The smallest absolute Gasteiger partial charge is 0.0717 e. The highest BCUT2D eigenvalue weighted by Gasteiger charge is 1.89. The summed E-state index contributed by atoms with van der Waals surface area (Å²) in [7, 11) is 0. The number of ether oxygens (including phenoxy) is 1. The van der Waals surface area contributed by atoms with Crippen molar-refractivity contribution < 1.29 is 9.94 Å². The van der Waals surface area contributed by atoms with Crippen molar-refractivity contribution in [2.45, 2.75) is 6.61 Å². The van der Waals surface area contributed by atoms with Gasteiger partial charge < -0.3 is 9.94 Å². The molecule has 0 radical (unpaired) electrons. The highest BCUT2D eigenvalue weighted by Crippen LogP contribution is 1.99. The summed E-state index contributed by atoms with van der Waals surface area (Å²) in [6.45, 7) is 1.58. The predicted molar refractivity (Wildman–Crippen MR) is 45.9 cm³/mol. The van der Waals surface area contributed by atoms with Crippen molar-refractivity contribution in [2.24, 2.45) is 0 Å². The van der Waals surface area contributed by atoms with Gasteiger partial charge in [0.2, 0.25) is 0 Å². The average Bonchev–Trinajstić information content (AvgIpc) is 2.14. The van der Waals surface area contributed by atoms with E-state index < -0.39 is 0 Å². The van der Waals surface area contributed by atoms with Crippen molar-refractivity contribution in [1.29, 1.82) is 0 Å². The van der Waals surface area contributed by atoms with Crippen LogP contribution < -0.4 is 5.48 Å². The fourth-order valence-corrected chi connectivity index (χ4v) is 0.882. The Morgan fingerprint density at radius 3 is 2.67 bits per heavy atom. The first kappa shape index (κ1) is 9.19. The summed E-state index contributed by atoms with van der Waals surface area (Å²) in [6.07, 6.45) is 0. The van der Waals surface area contributed by atoms with Crippen LogP contribution >= 0.6 is 0 Å². The molecule has 1 aromatic carbocycles. The predicted octanol–water partition coefficient (Wildman–Crippen LogP) is 1.18. The van der Waals surface area contributed by atoms with Gasteiger partial charge in [0.25, 0.3) is 0 Å². The molecule has 0 heterocycles. The van der Waals surface area contributed by atoms with E-state index in [1.54, 1.807) is 0 Å². The van der Waals surface area contributed by atoms with E-state index in [4.69, 9.17) is 9.94 Å². The fourth-order valence-electron chi connectivity index (χ4n) is 0.882. The van der Waals surface area contributed by atoms with Crippen molar-refractivity contribution in [3.8, 4) is 0 Å². The van der Waals surface area contributed by atoms with E-state index in [-0.39, 0.29) is 0 Å². The second-order valence-corrected chi connectivity index (χ2v) is 2.45. The van der Waals surface area contributed by atoms with Gasteiger partial charge in [0.05, 0.1) is 13.2 Å². The van der Waals surface area contributed by atoms with E-state index in [0.717, 1.165) is 5.56 Å². The average molecular weight is 167 g/mol. The van der Waals surface area contributed by atoms with Crippen molar-refractivity contribution in [3.05, 3.63) is 35.9 Å². The third-order valence-corrected chi connectivity index (χ3v) is 1.47. The summed E-state index contributed by atoms with van der Waals surface area (Å²) in [5.74, 6) is 0. The number of hydrogen-bond donors (Lipinski definition) is 2. The molecule has 3 nitrogen and oxygen atoms in total. The van der Waals surface area contributed by atoms with Crippen molar-refractivity contribution in [2.75, 3.05) is 13.2 Å². The van der Waals surface area contributed by atoms with Crippen molar-refractivity contribution in [1.82, 2.24) is 5.48 Å². The Hall–Kier alpha value is -0.900. The number of rotatable bonds is 5. The molecule has 0 saturated heterocycles. The number of hydroxylamine groups is 1. The van der Waals surface area contributed by atoms with E-state index in [2.05, 4.69) is 0 Å². The van der Waals surface area contributed by atoms with Crippen LogP contribution in [0.2, 0.25) is 0 Å². The zero-order valence-corrected chi connectivity index (χ0v) is 6.86. The second-order valence-electron chi connectivity index (χ2n) is 2.45. The largest absolute Gasteiger partial charge is 0.375 e. The summed E-state index contributed by atoms with van der Waals surface area (Å²) >= 11 is 0. The lowest BCUT2D eigenvalue weighted by Crippen LogP contribution is -2.14. The van der Waals surface area contributed by atoms with Crippen LogP contribution in [0.25, 0.3) is 0 Å². The molecule has 0 amide bonds. The van der Waals surface area contributed by atoms with E-state index in [1.807, 2.05) is 35.8 Å².